The largest absolute Gasteiger partial charge is 0.469 e. The van der Waals surface area contributed by atoms with Crippen molar-refractivity contribution >= 4 is 17.8 Å². The summed E-state index contributed by atoms with van der Waals surface area (Å²) < 4.78 is 10.4. The summed E-state index contributed by atoms with van der Waals surface area (Å²) >= 11 is 0. The molecule has 2 aromatic heterocycles. The fraction of sp³-hybridized carbons (Fsp3) is 0.438. The Morgan fingerprint density at radius 1 is 1.33 bits per heavy atom. The summed E-state index contributed by atoms with van der Waals surface area (Å²) in [5.74, 6) is 1.90. The number of anilines is 1. The number of furan rings is 1. The Morgan fingerprint density at radius 2 is 2.12 bits per heavy atom. The number of carbonyl (C=O) groups is 2. The summed E-state index contributed by atoms with van der Waals surface area (Å²) in [6, 6.07) is 3.23. The molecule has 0 bridgehead atoms. The van der Waals surface area contributed by atoms with Crippen molar-refractivity contribution in [3.63, 3.8) is 0 Å². The van der Waals surface area contributed by atoms with Crippen LogP contribution in [0.2, 0.25) is 0 Å². The van der Waals surface area contributed by atoms with Gasteiger partial charge in [0.2, 0.25) is 5.91 Å². The molecule has 126 valence electrons. The molecule has 1 saturated carbocycles. The summed E-state index contributed by atoms with van der Waals surface area (Å²) in [5.41, 5.74) is 0.801. The van der Waals surface area contributed by atoms with Gasteiger partial charge < -0.3 is 19.2 Å². The zero-order chi connectivity index (χ0) is 16.7. The predicted octanol–water partition coefficient (Wildman–Crippen LogP) is 1.99. The third-order valence-electron chi connectivity index (χ3n) is 4.33. The van der Waals surface area contributed by atoms with Gasteiger partial charge in [-0.05, 0) is 25.8 Å². The molecule has 0 radical (unpaired) electrons. The standard InChI is InChI=1S/C16H18N4O4/c1-9-12(4-5-23-9)13-6-14(19-24-13)18-16(22)20-7-11(8-20)17-15(21)10-2-3-10/h4-6,10-11H,2-3,7-8H2,1H3,(H,17,21)(H,18,19,22). The van der Waals surface area contributed by atoms with Gasteiger partial charge in [0.15, 0.2) is 11.6 Å². The molecule has 2 fully saturated rings. The minimum absolute atomic E-state index is 0.0466. The minimum atomic E-state index is -0.254. The van der Waals surface area contributed by atoms with Crippen molar-refractivity contribution in [2.75, 3.05) is 18.4 Å². The van der Waals surface area contributed by atoms with Gasteiger partial charge in [0.25, 0.3) is 0 Å². The van der Waals surface area contributed by atoms with E-state index in [4.69, 9.17) is 8.94 Å². The number of amides is 3. The lowest BCUT2D eigenvalue weighted by Gasteiger charge is -2.39. The Hall–Kier alpha value is -2.77. The molecule has 1 aliphatic carbocycles. The van der Waals surface area contributed by atoms with Crippen LogP contribution >= 0.6 is 0 Å². The van der Waals surface area contributed by atoms with Gasteiger partial charge in [-0.15, -0.1) is 0 Å². The van der Waals surface area contributed by atoms with E-state index in [0.717, 1.165) is 24.2 Å². The van der Waals surface area contributed by atoms with Crippen molar-refractivity contribution < 1.29 is 18.5 Å². The smallest absolute Gasteiger partial charge is 0.323 e. The molecule has 1 aliphatic heterocycles. The highest BCUT2D eigenvalue weighted by atomic mass is 16.5. The lowest BCUT2D eigenvalue weighted by Crippen LogP contribution is -2.62. The molecule has 8 heteroatoms. The van der Waals surface area contributed by atoms with Crippen LogP contribution in [0.25, 0.3) is 11.3 Å². The SMILES string of the molecule is Cc1occc1-c1cc(NC(=O)N2CC(NC(=O)C3CC3)C2)no1. The quantitative estimate of drug-likeness (QED) is 0.893. The zero-order valence-corrected chi connectivity index (χ0v) is 13.2. The minimum Gasteiger partial charge on any atom is -0.469 e. The molecule has 8 nitrogen and oxygen atoms in total. The molecule has 3 heterocycles. The highest BCUT2D eigenvalue weighted by molar-refractivity contribution is 5.90. The van der Waals surface area contributed by atoms with E-state index in [9.17, 15) is 9.59 Å². The average molecular weight is 330 g/mol. The molecular formula is C16H18N4O4. The van der Waals surface area contributed by atoms with Crippen molar-refractivity contribution in [1.29, 1.82) is 0 Å². The third-order valence-corrected chi connectivity index (χ3v) is 4.33. The van der Waals surface area contributed by atoms with E-state index in [1.54, 1.807) is 23.3 Å². The molecule has 2 N–H and O–H groups in total. The molecule has 24 heavy (non-hydrogen) atoms. The second kappa shape index (κ2) is 5.70. The van der Waals surface area contributed by atoms with Crippen LogP contribution in [0.4, 0.5) is 10.6 Å². The van der Waals surface area contributed by atoms with Gasteiger partial charge >= 0.3 is 6.03 Å². The maximum absolute atomic E-state index is 12.1. The fourth-order valence-electron chi connectivity index (χ4n) is 2.69. The maximum Gasteiger partial charge on any atom is 0.323 e. The number of aromatic nitrogens is 1. The zero-order valence-electron chi connectivity index (χ0n) is 13.2. The lowest BCUT2D eigenvalue weighted by atomic mass is 10.1. The van der Waals surface area contributed by atoms with Crippen LogP contribution in [0.3, 0.4) is 0 Å². The number of likely N-dealkylation sites (tertiary alicyclic amines) is 1. The van der Waals surface area contributed by atoms with Gasteiger partial charge in [0, 0.05) is 25.1 Å². The Morgan fingerprint density at radius 3 is 2.79 bits per heavy atom. The maximum atomic E-state index is 12.1. The Bertz CT molecular complexity index is 771. The van der Waals surface area contributed by atoms with Crippen LogP contribution in [-0.2, 0) is 4.79 Å². The van der Waals surface area contributed by atoms with Crippen LogP contribution in [0.15, 0.2) is 27.3 Å². The summed E-state index contributed by atoms with van der Waals surface area (Å²) in [5, 5.41) is 9.49. The first-order valence-corrected chi connectivity index (χ1v) is 7.97. The normalized spacial score (nSPS) is 17.5. The van der Waals surface area contributed by atoms with Crippen molar-refractivity contribution in [2.24, 2.45) is 5.92 Å². The second-order valence-corrected chi connectivity index (χ2v) is 6.28. The number of rotatable bonds is 4. The van der Waals surface area contributed by atoms with Gasteiger partial charge in [0.05, 0.1) is 17.9 Å². The van der Waals surface area contributed by atoms with Gasteiger partial charge in [0.1, 0.15) is 5.76 Å². The van der Waals surface area contributed by atoms with Gasteiger partial charge in [-0.25, -0.2) is 4.79 Å². The van der Waals surface area contributed by atoms with Crippen molar-refractivity contribution in [1.82, 2.24) is 15.4 Å². The summed E-state index contributed by atoms with van der Waals surface area (Å²) in [7, 11) is 0. The first-order valence-electron chi connectivity index (χ1n) is 7.97. The van der Waals surface area contributed by atoms with Crippen LogP contribution in [-0.4, -0.2) is 41.1 Å². The van der Waals surface area contributed by atoms with E-state index >= 15 is 0 Å². The van der Waals surface area contributed by atoms with Gasteiger partial charge in [-0.1, -0.05) is 5.16 Å². The van der Waals surface area contributed by atoms with Crippen molar-refractivity contribution in [3.05, 3.63) is 24.2 Å². The molecule has 0 aromatic carbocycles. The van der Waals surface area contributed by atoms with Crippen LogP contribution in [0, 0.1) is 12.8 Å². The van der Waals surface area contributed by atoms with Gasteiger partial charge in [-0.3, -0.25) is 10.1 Å². The number of nitrogens with one attached hydrogen (secondary N) is 2. The van der Waals surface area contributed by atoms with Crippen LogP contribution in [0.1, 0.15) is 18.6 Å². The van der Waals surface area contributed by atoms with E-state index in [0.29, 0.717) is 24.7 Å². The highest BCUT2D eigenvalue weighted by Crippen LogP contribution is 2.29. The van der Waals surface area contributed by atoms with Crippen LogP contribution < -0.4 is 10.6 Å². The molecule has 0 spiro atoms. The topological polar surface area (TPSA) is 101 Å². The Balaban J connectivity index is 1.29. The summed E-state index contributed by atoms with van der Waals surface area (Å²) in [6.45, 7) is 2.85. The predicted molar refractivity (Wildman–Crippen MR) is 84.2 cm³/mol. The van der Waals surface area contributed by atoms with Crippen molar-refractivity contribution in [2.45, 2.75) is 25.8 Å². The van der Waals surface area contributed by atoms with Crippen molar-refractivity contribution in [3.8, 4) is 11.3 Å². The fourth-order valence-corrected chi connectivity index (χ4v) is 2.69. The number of urea groups is 1. The Labute approximate surface area is 138 Å². The second-order valence-electron chi connectivity index (χ2n) is 6.28. The number of carbonyl (C=O) groups excluding carboxylic acids is 2. The number of hydrogen-bond acceptors (Lipinski definition) is 5. The molecule has 2 aliphatic rings. The molecule has 4 rings (SSSR count). The highest BCUT2D eigenvalue weighted by Gasteiger charge is 2.36. The number of aryl methyl sites for hydroxylation is 1. The first kappa shape index (κ1) is 14.8. The van der Waals surface area contributed by atoms with E-state index in [-0.39, 0.29) is 23.9 Å². The number of nitrogens with zero attached hydrogens (tertiary/aromatic N) is 2. The van der Waals surface area contributed by atoms with Crippen LogP contribution in [0.5, 0.6) is 0 Å². The molecule has 0 atom stereocenters. The van der Waals surface area contributed by atoms with E-state index < -0.39 is 0 Å². The summed E-state index contributed by atoms with van der Waals surface area (Å²) in [4.78, 5) is 25.4. The lowest BCUT2D eigenvalue weighted by molar-refractivity contribution is -0.123. The molecule has 1 saturated heterocycles. The first-order chi connectivity index (χ1) is 11.6. The summed E-state index contributed by atoms with van der Waals surface area (Å²) in [6.07, 6.45) is 3.53. The molecule has 3 amide bonds. The number of hydrogen-bond donors (Lipinski definition) is 2. The van der Waals surface area contributed by atoms with E-state index in [2.05, 4.69) is 15.8 Å². The van der Waals surface area contributed by atoms with E-state index in [1.165, 1.54) is 0 Å². The average Bonchev–Trinajstić information content (AvgIpc) is 3.13. The van der Waals surface area contributed by atoms with E-state index in [1.807, 2.05) is 6.92 Å². The molecular weight excluding hydrogens is 312 g/mol. The third kappa shape index (κ3) is 2.86. The Kier molecular flexibility index (Phi) is 3.51. The van der Waals surface area contributed by atoms with Gasteiger partial charge in [-0.2, -0.15) is 0 Å². The molecule has 2 aromatic rings. The monoisotopic (exact) mass is 330 g/mol. The molecule has 0 unspecified atom stereocenters.